The molecule has 2 rings (SSSR count). The van der Waals surface area contributed by atoms with Gasteiger partial charge in [-0.3, -0.25) is 4.55 Å². The molecule has 6 nitrogen and oxygen atoms in total. The van der Waals surface area contributed by atoms with E-state index in [0.29, 0.717) is 22.3 Å². The molecule has 0 spiro atoms. The maximum atomic E-state index is 11.9. The summed E-state index contributed by atoms with van der Waals surface area (Å²) in [7, 11) is 0. The van der Waals surface area contributed by atoms with E-state index in [0.717, 1.165) is 20.7 Å². The molecule has 0 saturated carbocycles. The standard InChI is InChI=1S/C8H8ClN3O3S2/c9-6-2-3-7(16-6)12(17(14)15)8(13)11-5-1-4-10-11/h2-4H,1,5H2,(H,14,15). The van der Waals surface area contributed by atoms with Crippen molar-refractivity contribution in [3.8, 4) is 0 Å². The van der Waals surface area contributed by atoms with Crippen molar-refractivity contribution in [1.82, 2.24) is 5.01 Å². The number of carbonyl (C=O) groups excluding carboxylic acids is 1. The van der Waals surface area contributed by atoms with Crippen LogP contribution in [-0.4, -0.2) is 32.6 Å². The number of amides is 2. The van der Waals surface area contributed by atoms with Crippen LogP contribution in [0.15, 0.2) is 17.2 Å². The molecule has 1 unspecified atom stereocenters. The summed E-state index contributed by atoms with van der Waals surface area (Å²) in [6.07, 6.45) is 2.22. The molecule has 17 heavy (non-hydrogen) atoms. The van der Waals surface area contributed by atoms with Crippen LogP contribution in [0, 0.1) is 0 Å². The second kappa shape index (κ2) is 5.13. The Labute approximate surface area is 109 Å². The number of anilines is 1. The molecule has 1 aromatic rings. The zero-order valence-corrected chi connectivity index (χ0v) is 10.8. The molecule has 0 radical (unpaired) electrons. The summed E-state index contributed by atoms with van der Waals surface area (Å²) < 4.78 is 21.6. The van der Waals surface area contributed by atoms with E-state index in [1.165, 1.54) is 6.07 Å². The van der Waals surface area contributed by atoms with Gasteiger partial charge in [0.2, 0.25) is 0 Å². The van der Waals surface area contributed by atoms with Crippen molar-refractivity contribution in [2.24, 2.45) is 5.10 Å². The van der Waals surface area contributed by atoms with Crippen LogP contribution < -0.4 is 4.31 Å². The van der Waals surface area contributed by atoms with Gasteiger partial charge in [-0.15, -0.1) is 11.3 Å². The molecule has 0 aliphatic carbocycles. The quantitative estimate of drug-likeness (QED) is 0.849. The zero-order valence-electron chi connectivity index (χ0n) is 8.45. The second-order valence-corrected chi connectivity index (χ2v) is 5.62. The van der Waals surface area contributed by atoms with Gasteiger partial charge in [0, 0.05) is 12.6 Å². The number of rotatable bonds is 2. The maximum Gasteiger partial charge on any atom is 0.359 e. The lowest BCUT2D eigenvalue weighted by Gasteiger charge is -2.20. The first-order valence-corrected chi connectivity index (χ1v) is 6.86. The fourth-order valence-corrected chi connectivity index (χ4v) is 2.97. The molecule has 0 bridgehead atoms. The van der Waals surface area contributed by atoms with Crippen LogP contribution in [0.25, 0.3) is 0 Å². The first kappa shape index (κ1) is 12.5. The van der Waals surface area contributed by atoms with Gasteiger partial charge in [0.05, 0.1) is 10.9 Å². The number of hydrogen-bond acceptors (Lipinski definition) is 4. The van der Waals surface area contributed by atoms with Gasteiger partial charge >= 0.3 is 6.03 Å². The lowest BCUT2D eigenvalue weighted by molar-refractivity contribution is 0.216. The smallest absolute Gasteiger partial charge is 0.289 e. The average molecular weight is 294 g/mol. The summed E-state index contributed by atoms with van der Waals surface area (Å²) >= 11 is 4.33. The van der Waals surface area contributed by atoms with E-state index in [1.807, 2.05) is 0 Å². The predicted octanol–water partition coefficient (Wildman–Crippen LogP) is 2.16. The number of hydrogen-bond donors (Lipinski definition) is 1. The number of hydrazone groups is 1. The highest BCUT2D eigenvalue weighted by Gasteiger charge is 2.28. The summed E-state index contributed by atoms with van der Waals surface area (Å²) in [4.78, 5) is 11.9. The lowest BCUT2D eigenvalue weighted by Crippen LogP contribution is -2.40. The molecule has 1 aromatic heterocycles. The van der Waals surface area contributed by atoms with Crippen LogP contribution in [0.2, 0.25) is 4.34 Å². The van der Waals surface area contributed by atoms with Gasteiger partial charge in [-0.25, -0.2) is 14.0 Å². The number of urea groups is 1. The Kier molecular flexibility index (Phi) is 3.77. The minimum Gasteiger partial charge on any atom is -0.289 e. The normalized spacial score (nSPS) is 16.2. The van der Waals surface area contributed by atoms with Gasteiger partial charge in [0.15, 0.2) is 0 Å². The third kappa shape index (κ3) is 2.65. The van der Waals surface area contributed by atoms with Crippen LogP contribution in [0.1, 0.15) is 6.42 Å². The van der Waals surface area contributed by atoms with Crippen molar-refractivity contribution in [2.75, 3.05) is 10.8 Å². The summed E-state index contributed by atoms with van der Waals surface area (Å²) in [5, 5.41) is 5.26. The van der Waals surface area contributed by atoms with E-state index in [4.69, 9.17) is 16.2 Å². The highest BCUT2D eigenvalue weighted by atomic mass is 35.5. The van der Waals surface area contributed by atoms with Gasteiger partial charge < -0.3 is 0 Å². The van der Waals surface area contributed by atoms with Crippen LogP contribution in [-0.2, 0) is 11.3 Å². The molecule has 0 aromatic carbocycles. The molecular formula is C8H8ClN3O3S2. The topological polar surface area (TPSA) is 73.2 Å². The summed E-state index contributed by atoms with van der Waals surface area (Å²) in [5.41, 5.74) is 0. The molecule has 2 amide bonds. The molecule has 92 valence electrons. The van der Waals surface area contributed by atoms with Crippen molar-refractivity contribution in [2.45, 2.75) is 6.42 Å². The monoisotopic (exact) mass is 293 g/mol. The first-order valence-electron chi connectivity index (χ1n) is 4.60. The Morgan fingerprint density at radius 2 is 2.41 bits per heavy atom. The van der Waals surface area contributed by atoms with E-state index in [2.05, 4.69) is 5.10 Å². The van der Waals surface area contributed by atoms with Crippen molar-refractivity contribution >= 4 is 51.5 Å². The summed E-state index contributed by atoms with van der Waals surface area (Å²) in [6.45, 7) is 0.408. The van der Waals surface area contributed by atoms with Crippen molar-refractivity contribution < 1.29 is 13.6 Å². The Hall–Kier alpha value is -0.960. The molecule has 1 aliphatic heterocycles. The molecule has 1 atom stereocenters. The molecule has 2 heterocycles. The number of thiophene rings is 1. The highest BCUT2D eigenvalue weighted by molar-refractivity contribution is 7.82. The Morgan fingerprint density at radius 3 is 2.88 bits per heavy atom. The van der Waals surface area contributed by atoms with Crippen molar-refractivity contribution in [3.05, 3.63) is 16.5 Å². The molecule has 0 saturated heterocycles. The Bertz CT molecular complexity index is 490. The van der Waals surface area contributed by atoms with E-state index in [1.54, 1.807) is 12.3 Å². The van der Waals surface area contributed by atoms with Gasteiger partial charge in [0.25, 0.3) is 11.3 Å². The summed E-state index contributed by atoms with van der Waals surface area (Å²) in [5.74, 6) is 0. The van der Waals surface area contributed by atoms with Gasteiger partial charge in [-0.2, -0.15) is 9.41 Å². The largest absolute Gasteiger partial charge is 0.359 e. The Balaban J connectivity index is 2.26. The Morgan fingerprint density at radius 1 is 1.65 bits per heavy atom. The van der Waals surface area contributed by atoms with Crippen LogP contribution in [0.3, 0.4) is 0 Å². The third-order valence-corrected chi connectivity index (χ3v) is 4.00. The number of nitrogens with zero attached hydrogens (tertiary/aromatic N) is 3. The van der Waals surface area contributed by atoms with Gasteiger partial charge in [0.1, 0.15) is 5.00 Å². The lowest BCUT2D eigenvalue weighted by atomic mass is 10.5. The van der Waals surface area contributed by atoms with E-state index < -0.39 is 17.3 Å². The zero-order chi connectivity index (χ0) is 12.4. The first-order chi connectivity index (χ1) is 8.09. The van der Waals surface area contributed by atoms with Crippen molar-refractivity contribution in [3.63, 3.8) is 0 Å². The average Bonchev–Trinajstić information content (AvgIpc) is 2.88. The van der Waals surface area contributed by atoms with E-state index >= 15 is 0 Å². The second-order valence-electron chi connectivity index (χ2n) is 3.10. The molecule has 1 N–H and O–H groups in total. The van der Waals surface area contributed by atoms with Gasteiger partial charge in [-0.1, -0.05) is 11.6 Å². The minimum atomic E-state index is -2.45. The molecule has 1 aliphatic rings. The fourth-order valence-electron chi connectivity index (χ4n) is 1.30. The predicted molar refractivity (Wildman–Crippen MR) is 67.8 cm³/mol. The number of carbonyl (C=O) groups is 1. The minimum absolute atomic E-state index is 0.308. The van der Waals surface area contributed by atoms with Crippen LogP contribution in [0.4, 0.5) is 9.80 Å². The molecular weight excluding hydrogens is 286 g/mol. The van der Waals surface area contributed by atoms with Crippen LogP contribution >= 0.6 is 22.9 Å². The van der Waals surface area contributed by atoms with Crippen molar-refractivity contribution in [1.29, 1.82) is 0 Å². The third-order valence-electron chi connectivity index (χ3n) is 2.00. The van der Waals surface area contributed by atoms with Crippen LogP contribution in [0.5, 0.6) is 0 Å². The van der Waals surface area contributed by atoms with E-state index in [-0.39, 0.29) is 0 Å². The summed E-state index contributed by atoms with van der Waals surface area (Å²) in [6, 6.07) is 2.43. The fraction of sp³-hybridized carbons (Fsp3) is 0.250. The molecule has 0 fully saturated rings. The molecule has 9 heteroatoms. The highest BCUT2D eigenvalue weighted by Crippen LogP contribution is 2.31. The SMILES string of the molecule is O=C(N1CCC=N1)N(c1ccc(Cl)s1)S(=O)O. The number of halogens is 1. The van der Waals surface area contributed by atoms with E-state index in [9.17, 15) is 9.00 Å². The maximum absolute atomic E-state index is 11.9. The van der Waals surface area contributed by atoms with Gasteiger partial charge in [-0.05, 0) is 12.1 Å².